The third-order valence-corrected chi connectivity index (χ3v) is 5.60. The topological polar surface area (TPSA) is 106 Å². The normalized spacial score (nSPS) is 21.4. The molecule has 9 nitrogen and oxygen atoms in total. The van der Waals surface area contributed by atoms with Crippen molar-refractivity contribution < 1.29 is 28.6 Å². The number of hydrogen-bond acceptors (Lipinski definition) is 7. The Balaban J connectivity index is 1.93. The molecule has 0 spiro atoms. The Morgan fingerprint density at radius 2 is 1.97 bits per heavy atom. The molecule has 2 unspecified atom stereocenters. The van der Waals surface area contributed by atoms with E-state index in [-0.39, 0.29) is 11.9 Å². The standard InChI is InChI=1S/C23H31N3O6/c1-4-31-18-11-7-6-10-16(18)20-19(22(28)30-3)17(24-23(29)25-20)14-26-12-8-9-15(13-26)21(27)32-5-2/h6-7,10-11,15,20H,4-5,8-9,12-14H2,1-3H3,(H2,24,25,29). The molecule has 32 heavy (non-hydrogen) atoms. The number of urea groups is 1. The van der Waals surface area contributed by atoms with Gasteiger partial charge in [-0.3, -0.25) is 9.69 Å². The van der Waals surface area contributed by atoms with Crippen LogP contribution in [0.25, 0.3) is 0 Å². The van der Waals surface area contributed by atoms with Crippen LogP contribution in [0.1, 0.15) is 38.3 Å². The number of para-hydroxylation sites is 1. The molecule has 0 bridgehead atoms. The fraction of sp³-hybridized carbons (Fsp3) is 0.522. The van der Waals surface area contributed by atoms with Gasteiger partial charge in [-0.2, -0.15) is 0 Å². The average Bonchev–Trinajstić information content (AvgIpc) is 2.79. The third-order valence-electron chi connectivity index (χ3n) is 5.60. The van der Waals surface area contributed by atoms with Gasteiger partial charge in [0.1, 0.15) is 5.75 Å². The van der Waals surface area contributed by atoms with Crippen LogP contribution >= 0.6 is 0 Å². The Morgan fingerprint density at radius 3 is 2.69 bits per heavy atom. The van der Waals surface area contributed by atoms with Crippen molar-refractivity contribution in [1.29, 1.82) is 0 Å². The van der Waals surface area contributed by atoms with E-state index in [2.05, 4.69) is 15.5 Å². The zero-order valence-electron chi connectivity index (χ0n) is 18.8. The number of methoxy groups -OCH3 is 1. The summed E-state index contributed by atoms with van der Waals surface area (Å²) in [6.07, 6.45) is 1.59. The molecular weight excluding hydrogens is 414 g/mol. The van der Waals surface area contributed by atoms with Gasteiger partial charge in [-0.25, -0.2) is 9.59 Å². The third kappa shape index (κ3) is 5.40. The average molecular weight is 446 g/mol. The van der Waals surface area contributed by atoms with E-state index < -0.39 is 18.0 Å². The Bertz CT molecular complexity index is 884. The maximum Gasteiger partial charge on any atom is 0.338 e. The van der Waals surface area contributed by atoms with Gasteiger partial charge in [0.05, 0.1) is 37.9 Å². The first-order valence-corrected chi connectivity index (χ1v) is 11.0. The smallest absolute Gasteiger partial charge is 0.338 e. The van der Waals surface area contributed by atoms with E-state index in [1.54, 1.807) is 13.0 Å². The Labute approximate surface area is 188 Å². The van der Waals surface area contributed by atoms with Crippen molar-refractivity contribution in [2.24, 2.45) is 5.92 Å². The molecule has 0 radical (unpaired) electrons. The van der Waals surface area contributed by atoms with Crippen LogP contribution in [0, 0.1) is 5.92 Å². The van der Waals surface area contributed by atoms with Crippen molar-refractivity contribution in [2.75, 3.05) is 40.0 Å². The number of amides is 2. The van der Waals surface area contributed by atoms with Crippen molar-refractivity contribution in [1.82, 2.24) is 15.5 Å². The van der Waals surface area contributed by atoms with Crippen LogP contribution in [-0.4, -0.2) is 62.8 Å². The van der Waals surface area contributed by atoms with Crippen LogP contribution in [0.15, 0.2) is 35.5 Å². The zero-order chi connectivity index (χ0) is 23.1. The molecule has 0 aromatic heterocycles. The van der Waals surface area contributed by atoms with Crippen LogP contribution < -0.4 is 15.4 Å². The Morgan fingerprint density at radius 1 is 1.19 bits per heavy atom. The quantitative estimate of drug-likeness (QED) is 0.591. The second kappa shape index (κ2) is 11.0. The molecule has 2 amide bonds. The van der Waals surface area contributed by atoms with Crippen LogP contribution in [-0.2, 0) is 19.1 Å². The molecule has 2 aliphatic heterocycles. The van der Waals surface area contributed by atoms with Crippen molar-refractivity contribution in [3.05, 3.63) is 41.1 Å². The predicted octanol–water partition coefficient (Wildman–Crippen LogP) is 2.14. The molecule has 1 aromatic carbocycles. The van der Waals surface area contributed by atoms with E-state index in [4.69, 9.17) is 14.2 Å². The van der Waals surface area contributed by atoms with Gasteiger partial charge in [0.15, 0.2) is 0 Å². The second-order valence-corrected chi connectivity index (χ2v) is 7.71. The fourth-order valence-corrected chi connectivity index (χ4v) is 4.21. The summed E-state index contributed by atoms with van der Waals surface area (Å²) in [4.78, 5) is 39.6. The van der Waals surface area contributed by atoms with Crippen LogP contribution in [0.4, 0.5) is 4.79 Å². The summed E-state index contributed by atoms with van der Waals surface area (Å²) < 4.78 is 16.0. The minimum atomic E-state index is -0.723. The number of carbonyl (C=O) groups is 3. The van der Waals surface area contributed by atoms with Gasteiger partial charge in [-0.05, 0) is 39.3 Å². The van der Waals surface area contributed by atoms with Gasteiger partial charge >= 0.3 is 18.0 Å². The molecule has 3 rings (SSSR count). The van der Waals surface area contributed by atoms with E-state index in [9.17, 15) is 14.4 Å². The van der Waals surface area contributed by atoms with E-state index in [1.807, 2.05) is 25.1 Å². The van der Waals surface area contributed by atoms with Gasteiger partial charge < -0.3 is 24.8 Å². The molecule has 174 valence electrons. The Hall–Kier alpha value is -3.07. The summed E-state index contributed by atoms with van der Waals surface area (Å²) in [5, 5.41) is 5.61. The lowest BCUT2D eigenvalue weighted by Gasteiger charge is -2.35. The molecule has 2 atom stereocenters. The van der Waals surface area contributed by atoms with E-state index >= 15 is 0 Å². The highest BCUT2D eigenvalue weighted by Gasteiger charge is 2.36. The summed E-state index contributed by atoms with van der Waals surface area (Å²) in [5.41, 5.74) is 1.45. The largest absolute Gasteiger partial charge is 0.494 e. The van der Waals surface area contributed by atoms with Gasteiger partial charge in [-0.1, -0.05) is 18.2 Å². The highest BCUT2D eigenvalue weighted by atomic mass is 16.5. The summed E-state index contributed by atoms with van der Waals surface area (Å²) >= 11 is 0. The lowest BCUT2D eigenvalue weighted by molar-refractivity contribution is -0.150. The minimum absolute atomic E-state index is 0.211. The SMILES string of the molecule is CCOC(=O)C1CCCN(CC2=C(C(=O)OC)C(c3ccccc3OCC)NC(=O)N2)C1. The fourth-order valence-electron chi connectivity index (χ4n) is 4.21. The first-order valence-electron chi connectivity index (χ1n) is 11.0. The second-order valence-electron chi connectivity index (χ2n) is 7.71. The van der Waals surface area contributed by atoms with Crippen molar-refractivity contribution >= 4 is 18.0 Å². The number of ether oxygens (including phenoxy) is 3. The molecule has 1 saturated heterocycles. The summed E-state index contributed by atoms with van der Waals surface area (Å²) in [6, 6.07) is 6.15. The number of esters is 2. The van der Waals surface area contributed by atoms with E-state index in [0.29, 0.717) is 48.9 Å². The number of nitrogens with zero attached hydrogens (tertiary/aromatic N) is 1. The van der Waals surface area contributed by atoms with Gasteiger partial charge in [-0.15, -0.1) is 0 Å². The molecule has 0 aliphatic carbocycles. The summed E-state index contributed by atoms with van der Waals surface area (Å²) in [7, 11) is 1.31. The maximum absolute atomic E-state index is 12.8. The van der Waals surface area contributed by atoms with Crippen LogP contribution in [0.2, 0.25) is 0 Å². The number of carbonyl (C=O) groups excluding carboxylic acids is 3. The maximum atomic E-state index is 12.8. The highest BCUT2D eigenvalue weighted by molar-refractivity contribution is 5.95. The van der Waals surface area contributed by atoms with E-state index in [1.165, 1.54) is 7.11 Å². The molecule has 1 fully saturated rings. The molecule has 2 N–H and O–H groups in total. The first kappa shape index (κ1) is 23.6. The van der Waals surface area contributed by atoms with Crippen LogP contribution in [0.3, 0.4) is 0 Å². The number of likely N-dealkylation sites (tertiary alicyclic amines) is 1. The molecule has 9 heteroatoms. The molecule has 1 aromatic rings. The van der Waals surface area contributed by atoms with E-state index in [0.717, 1.165) is 19.4 Å². The number of piperidine rings is 1. The monoisotopic (exact) mass is 445 g/mol. The van der Waals surface area contributed by atoms with Gasteiger partial charge in [0.2, 0.25) is 0 Å². The lowest BCUT2D eigenvalue weighted by Crippen LogP contribution is -2.50. The highest BCUT2D eigenvalue weighted by Crippen LogP contribution is 2.34. The summed E-state index contributed by atoms with van der Waals surface area (Å²) in [5.74, 6) is -0.388. The molecule has 0 saturated carbocycles. The number of benzene rings is 1. The number of rotatable bonds is 8. The zero-order valence-corrected chi connectivity index (χ0v) is 18.8. The minimum Gasteiger partial charge on any atom is -0.494 e. The lowest BCUT2D eigenvalue weighted by atomic mass is 9.93. The van der Waals surface area contributed by atoms with Crippen molar-refractivity contribution in [2.45, 2.75) is 32.7 Å². The Kier molecular flexibility index (Phi) is 8.10. The van der Waals surface area contributed by atoms with Crippen molar-refractivity contribution in [3.63, 3.8) is 0 Å². The number of nitrogens with one attached hydrogen (secondary N) is 2. The van der Waals surface area contributed by atoms with Crippen molar-refractivity contribution in [3.8, 4) is 5.75 Å². The van der Waals surface area contributed by atoms with Gasteiger partial charge in [0.25, 0.3) is 0 Å². The first-order chi connectivity index (χ1) is 15.5. The predicted molar refractivity (Wildman–Crippen MR) is 117 cm³/mol. The molecule has 2 aliphatic rings. The number of hydrogen-bond donors (Lipinski definition) is 2. The summed E-state index contributed by atoms with van der Waals surface area (Å²) in [6.45, 7) is 6.00. The molecule has 2 heterocycles. The molecular formula is C23H31N3O6. The van der Waals surface area contributed by atoms with Crippen LogP contribution in [0.5, 0.6) is 5.75 Å². The van der Waals surface area contributed by atoms with Gasteiger partial charge in [0, 0.05) is 24.4 Å².